The van der Waals surface area contributed by atoms with Crippen LogP contribution in [-0.2, 0) is 6.54 Å². The third-order valence-corrected chi connectivity index (χ3v) is 6.93. The van der Waals surface area contributed by atoms with Crippen LogP contribution in [0.3, 0.4) is 0 Å². The first-order valence-electron chi connectivity index (χ1n) is 13.1. The highest BCUT2D eigenvalue weighted by Crippen LogP contribution is 2.28. The zero-order valence-electron chi connectivity index (χ0n) is 22.5. The number of hydrogen-bond acceptors (Lipinski definition) is 6. The fourth-order valence-corrected chi connectivity index (χ4v) is 4.67. The van der Waals surface area contributed by atoms with Gasteiger partial charge in [0.2, 0.25) is 5.88 Å². The minimum Gasteiger partial charge on any atom is -0.478 e. The van der Waals surface area contributed by atoms with Crippen LogP contribution in [0.15, 0.2) is 66.9 Å². The molecule has 204 valence electrons. The van der Waals surface area contributed by atoms with Gasteiger partial charge in [-0.2, -0.15) is 0 Å². The normalized spacial score (nSPS) is 18.4. The van der Waals surface area contributed by atoms with Crippen molar-refractivity contribution < 1.29 is 24.5 Å². The minimum absolute atomic E-state index is 0.0524. The molecule has 0 bridgehead atoms. The molecule has 4 rings (SSSR count). The number of aromatic nitrogens is 1. The van der Waals surface area contributed by atoms with Crippen LogP contribution < -0.4 is 4.74 Å². The molecule has 1 aliphatic rings. The van der Waals surface area contributed by atoms with E-state index < -0.39 is 5.97 Å². The molecule has 2 N–H and O–H groups in total. The number of amides is 1. The van der Waals surface area contributed by atoms with E-state index >= 15 is 0 Å². The molecule has 2 aromatic carbocycles. The van der Waals surface area contributed by atoms with E-state index in [0.717, 1.165) is 16.7 Å². The largest absolute Gasteiger partial charge is 0.478 e. The van der Waals surface area contributed by atoms with Crippen LogP contribution >= 0.6 is 0 Å². The maximum atomic E-state index is 13.6. The number of aromatic carboxylic acids is 1. The van der Waals surface area contributed by atoms with Crippen molar-refractivity contribution in [3.8, 4) is 5.88 Å². The van der Waals surface area contributed by atoms with E-state index in [-0.39, 0.29) is 42.0 Å². The summed E-state index contributed by atoms with van der Waals surface area (Å²) in [4.78, 5) is 33.3. The molecule has 3 aromatic rings. The molecule has 0 saturated heterocycles. The molecule has 3 atom stereocenters. The Kier molecular flexibility index (Phi) is 9.11. The van der Waals surface area contributed by atoms with Gasteiger partial charge in [-0.3, -0.25) is 9.69 Å². The van der Waals surface area contributed by atoms with E-state index in [1.807, 2.05) is 69.4 Å². The summed E-state index contributed by atoms with van der Waals surface area (Å²) in [5.74, 6) is -0.966. The number of aliphatic hydroxyl groups excluding tert-OH is 1. The number of ether oxygens (including phenoxy) is 1. The maximum Gasteiger partial charge on any atom is 0.335 e. The van der Waals surface area contributed by atoms with Crippen molar-refractivity contribution in [1.82, 2.24) is 14.8 Å². The predicted octanol–water partition coefficient (Wildman–Crippen LogP) is 4.30. The number of carboxylic acid groups (broad SMARTS) is 1. The van der Waals surface area contributed by atoms with Crippen LogP contribution in [0.5, 0.6) is 5.88 Å². The minimum atomic E-state index is -0.958. The zero-order valence-corrected chi connectivity index (χ0v) is 22.5. The standard InChI is InChI=1S/C31H35N3O5/c1-21-17-34(22(2)20-35)30(36)27-15-24(13-12-23-8-5-4-6-9-23)16-32-29(27)39-28(21)19-33(3)18-25-10-7-11-26(14-25)31(37)38/h4-16,21-22,28,35H,17-20H2,1-3H3,(H,37,38)/b13-12+/t21-,22+,28+/m0/s1. The molecule has 0 unspecified atom stereocenters. The van der Waals surface area contributed by atoms with E-state index in [1.165, 1.54) is 0 Å². The lowest BCUT2D eigenvalue weighted by Crippen LogP contribution is -2.49. The van der Waals surface area contributed by atoms with Crippen molar-refractivity contribution in [3.05, 3.63) is 94.7 Å². The number of likely N-dealkylation sites (N-methyl/N-ethyl adjacent to an activating group) is 1. The van der Waals surface area contributed by atoms with Crippen molar-refractivity contribution in [2.24, 2.45) is 5.92 Å². The van der Waals surface area contributed by atoms with Gasteiger partial charge in [-0.05, 0) is 48.9 Å². The molecule has 0 spiro atoms. The Morgan fingerprint density at radius 1 is 1.15 bits per heavy atom. The first-order chi connectivity index (χ1) is 18.7. The summed E-state index contributed by atoms with van der Waals surface area (Å²) >= 11 is 0. The maximum absolute atomic E-state index is 13.6. The Bertz CT molecular complexity index is 1330. The molecule has 2 heterocycles. The van der Waals surface area contributed by atoms with E-state index in [1.54, 1.807) is 35.4 Å². The van der Waals surface area contributed by atoms with Crippen LogP contribution in [0.2, 0.25) is 0 Å². The molecular formula is C31H35N3O5. The second kappa shape index (κ2) is 12.7. The van der Waals surface area contributed by atoms with Crippen molar-refractivity contribution in [3.63, 3.8) is 0 Å². The summed E-state index contributed by atoms with van der Waals surface area (Å²) < 4.78 is 6.39. The highest BCUT2D eigenvalue weighted by molar-refractivity contribution is 5.97. The molecule has 0 aliphatic carbocycles. The van der Waals surface area contributed by atoms with E-state index in [9.17, 15) is 19.8 Å². The second-order valence-corrected chi connectivity index (χ2v) is 10.2. The summed E-state index contributed by atoms with van der Waals surface area (Å²) in [7, 11) is 1.95. The Morgan fingerprint density at radius 2 is 1.90 bits per heavy atom. The number of aliphatic hydroxyl groups is 1. The summed E-state index contributed by atoms with van der Waals surface area (Å²) in [6.45, 7) is 5.18. The summed E-state index contributed by atoms with van der Waals surface area (Å²) in [5.41, 5.74) is 3.30. The predicted molar refractivity (Wildman–Crippen MR) is 151 cm³/mol. The SMILES string of the molecule is C[C@H](CO)N1C[C@H](C)[C@@H](CN(C)Cc2cccc(C(=O)O)c2)Oc2ncc(/C=C/c3ccccc3)cc2C1=O. The molecule has 1 aliphatic heterocycles. The van der Waals surface area contributed by atoms with Gasteiger partial charge < -0.3 is 19.8 Å². The first-order valence-corrected chi connectivity index (χ1v) is 13.1. The Balaban J connectivity index is 1.60. The van der Waals surface area contributed by atoms with Gasteiger partial charge >= 0.3 is 5.97 Å². The average molecular weight is 530 g/mol. The zero-order chi connectivity index (χ0) is 27.9. The molecule has 0 fully saturated rings. The number of carboxylic acids is 1. The Hall–Kier alpha value is -4.01. The van der Waals surface area contributed by atoms with Crippen LogP contribution in [0.1, 0.15) is 51.3 Å². The van der Waals surface area contributed by atoms with Crippen LogP contribution in [0, 0.1) is 5.92 Å². The number of benzene rings is 2. The van der Waals surface area contributed by atoms with E-state index in [2.05, 4.69) is 9.88 Å². The number of carbonyl (C=O) groups is 2. The van der Waals surface area contributed by atoms with Gasteiger partial charge in [0.15, 0.2) is 0 Å². The topological polar surface area (TPSA) is 103 Å². The highest BCUT2D eigenvalue weighted by atomic mass is 16.5. The summed E-state index contributed by atoms with van der Waals surface area (Å²) in [5, 5.41) is 19.2. The number of carbonyl (C=O) groups excluding carboxylic acids is 1. The number of nitrogens with zero attached hydrogens (tertiary/aromatic N) is 3. The number of hydrogen-bond donors (Lipinski definition) is 2. The van der Waals surface area contributed by atoms with Gasteiger partial charge in [0, 0.05) is 31.7 Å². The van der Waals surface area contributed by atoms with Gasteiger partial charge in [0.25, 0.3) is 5.91 Å². The molecule has 0 saturated carbocycles. The molecular weight excluding hydrogens is 494 g/mol. The smallest absolute Gasteiger partial charge is 0.335 e. The van der Waals surface area contributed by atoms with Crippen LogP contribution in [-0.4, -0.2) is 75.8 Å². The summed E-state index contributed by atoms with van der Waals surface area (Å²) in [6, 6.07) is 18.2. The van der Waals surface area contributed by atoms with Crippen molar-refractivity contribution in [1.29, 1.82) is 0 Å². The van der Waals surface area contributed by atoms with Gasteiger partial charge in [0.05, 0.1) is 18.2 Å². The number of rotatable bonds is 9. The molecule has 0 radical (unpaired) electrons. The molecule has 1 aromatic heterocycles. The lowest BCUT2D eigenvalue weighted by Gasteiger charge is -2.37. The van der Waals surface area contributed by atoms with Crippen molar-refractivity contribution >= 4 is 24.0 Å². The van der Waals surface area contributed by atoms with E-state index in [0.29, 0.717) is 25.2 Å². The quantitative estimate of drug-likeness (QED) is 0.426. The molecule has 8 nitrogen and oxygen atoms in total. The Labute approximate surface area is 229 Å². The first kappa shape index (κ1) is 28.0. The third kappa shape index (κ3) is 7.10. The van der Waals surface area contributed by atoms with Crippen LogP contribution in [0.25, 0.3) is 12.2 Å². The van der Waals surface area contributed by atoms with Gasteiger partial charge in [-0.15, -0.1) is 0 Å². The van der Waals surface area contributed by atoms with Gasteiger partial charge in [-0.25, -0.2) is 9.78 Å². The average Bonchev–Trinajstić information content (AvgIpc) is 2.94. The van der Waals surface area contributed by atoms with Crippen LogP contribution in [0.4, 0.5) is 0 Å². The molecule has 8 heteroatoms. The fraction of sp³-hybridized carbons (Fsp3) is 0.323. The highest BCUT2D eigenvalue weighted by Gasteiger charge is 2.34. The lowest BCUT2D eigenvalue weighted by atomic mass is 9.99. The second-order valence-electron chi connectivity index (χ2n) is 10.2. The van der Waals surface area contributed by atoms with E-state index in [4.69, 9.17) is 4.74 Å². The van der Waals surface area contributed by atoms with Gasteiger partial charge in [-0.1, -0.05) is 61.5 Å². The number of fused-ring (bicyclic) bond motifs is 1. The van der Waals surface area contributed by atoms with Crippen molar-refractivity contribution in [2.45, 2.75) is 32.5 Å². The summed E-state index contributed by atoms with van der Waals surface area (Å²) in [6.07, 6.45) is 5.27. The Morgan fingerprint density at radius 3 is 2.62 bits per heavy atom. The monoisotopic (exact) mass is 529 g/mol. The van der Waals surface area contributed by atoms with Crippen molar-refractivity contribution in [2.75, 3.05) is 26.7 Å². The lowest BCUT2D eigenvalue weighted by molar-refractivity contribution is 0.0325. The fourth-order valence-electron chi connectivity index (χ4n) is 4.67. The van der Waals surface area contributed by atoms with Gasteiger partial charge in [0.1, 0.15) is 11.7 Å². The molecule has 39 heavy (non-hydrogen) atoms. The third-order valence-electron chi connectivity index (χ3n) is 6.93. The number of pyridine rings is 1. The molecule has 1 amide bonds.